The molecule has 1 heterocycles. The van der Waals surface area contributed by atoms with Crippen molar-refractivity contribution in [2.45, 2.75) is 243 Å². The highest BCUT2D eigenvalue weighted by Gasteiger charge is 2.44. The summed E-state index contributed by atoms with van der Waals surface area (Å²) in [6.07, 6.45) is 37.7. The molecule has 9 heteroatoms. The van der Waals surface area contributed by atoms with Crippen LogP contribution in [-0.4, -0.2) is 89.6 Å². The van der Waals surface area contributed by atoms with Crippen LogP contribution in [0.1, 0.15) is 206 Å². The molecule has 1 aliphatic rings. The lowest BCUT2D eigenvalue weighted by molar-refractivity contribution is -0.305. The number of unbranched alkanes of at least 4 members (excludes halogenated alkanes) is 25. The van der Waals surface area contributed by atoms with Crippen LogP contribution in [0.2, 0.25) is 0 Å². The first-order chi connectivity index (χ1) is 27.4. The van der Waals surface area contributed by atoms with Crippen molar-refractivity contribution in [3.05, 3.63) is 24.3 Å². The molecule has 0 aliphatic carbocycles. The van der Waals surface area contributed by atoms with Crippen molar-refractivity contribution in [3.63, 3.8) is 0 Å². The van der Waals surface area contributed by atoms with Crippen LogP contribution in [0.15, 0.2) is 24.3 Å². The van der Waals surface area contributed by atoms with Gasteiger partial charge in [-0.05, 0) is 64.2 Å². The highest BCUT2D eigenvalue weighted by atomic mass is 16.7. The van der Waals surface area contributed by atoms with E-state index in [2.05, 4.69) is 38.2 Å². The zero-order valence-electron chi connectivity index (χ0n) is 36.1. The number of rotatable bonds is 40. The maximum atomic E-state index is 12.8. The summed E-state index contributed by atoms with van der Waals surface area (Å²) in [5.74, 6) is -0.322. The lowest BCUT2D eigenvalue weighted by Crippen LogP contribution is -2.59. The molecule has 330 valence electrons. The molecule has 1 fully saturated rings. The largest absolute Gasteiger partial charge is 0.457 e. The average Bonchev–Trinajstić information content (AvgIpc) is 3.20. The minimum Gasteiger partial charge on any atom is -0.457 e. The minimum absolute atomic E-state index is 0.117. The third kappa shape index (κ3) is 29.8. The van der Waals surface area contributed by atoms with E-state index in [1.807, 2.05) is 0 Å². The molecule has 4 N–H and O–H groups in total. The van der Waals surface area contributed by atoms with Crippen LogP contribution >= 0.6 is 0 Å². The molecule has 1 aliphatic heterocycles. The summed E-state index contributed by atoms with van der Waals surface area (Å²) < 4.78 is 22.8. The van der Waals surface area contributed by atoms with Gasteiger partial charge in [0.2, 0.25) is 0 Å². The van der Waals surface area contributed by atoms with Gasteiger partial charge in [0.25, 0.3) is 0 Å². The Morgan fingerprint density at radius 1 is 0.554 bits per heavy atom. The van der Waals surface area contributed by atoms with Crippen molar-refractivity contribution in [1.82, 2.24) is 0 Å². The van der Waals surface area contributed by atoms with Crippen molar-refractivity contribution >= 4 is 5.97 Å². The van der Waals surface area contributed by atoms with E-state index in [0.29, 0.717) is 13.0 Å². The van der Waals surface area contributed by atoms with Gasteiger partial charge in [-0.15, -0.1) is 0 Å². The fourth-order valence-electron chi connectivity index (χ4n) is 7.13. The Morgan fingerprint density at radius 2 is 0.982 bits per heavy atom. The van der Waals surface area contributed by atoms with Crippen molar-refractivity contribution in [2.24, 2.45) is 0 Å². The number of carbonyl (C=O) groups excluding carboxylic acids is 1. The molecular weight excluding hydrogens is 709 g/mol. The molecule has 56 heavy (non-hydrogen) atoms. The van der Waals surface area contributed by atoms with E-state index in [1.54, 1.807) is 0 Å². The Morgan fingerprint density at radius 3 is 1.45 bits per heavy atom. The number of carbonyl (C=O) groups is 1. The van der Waals surface area contributed by atoms with Gasteiger partial charge < -0.3 is 39.4 Å². The summed E-state index contributed by atoms with van der Waals surface area (Å²) in [7, 11) is 0. The van der Waals surface area contributed by atoms with E-state index in [4.69, 9.17) is 18.9 Å². The number of allylic oxidation sites excluding steroid dienone is 4. The van der Waals surface area contributed by atoms with Gasteiger partial charge in [0.1, 0.15) is 30.5 Å². The van der Waals surface area contributed by atoms with E-state index >= 15 is 0 Å². The van der Waals surface area contributed by atoms with Crippen molar-refractivity contribution in [3.8, 4) is 0 Å². The summed E-state index contributed by atoms with van der Waals surface area (Å²) in [5.41, 5.74) is 0. The molecule has 0 spiro atoms. The fourth-order valence-corrected chi connectivity index (χ4v) is 7.13. The third-order valence-corrected chi connectivity index (χ3v) is 10.8. The van der Waals surface area contributed by atoms with E-state index < -0.39 is 43.4 Å². The number of aliphatic hydroxyl groups is 4. The van der Waals surface area contributed by atoms with Crippen LogP contribution in [-0.2, 0) is 23.7 Å². The smallest absolute Gasteiger partial charge is 0.306 e. The van der Waals surface area contributed by atoms with E-state index in [0.717, 1.165) is 44.9 Å². The lowest BCUT2D eigenvalue weighted by atomic mass is 9.99. The summed E-state index contributed by atoms with van der Waals surface area (Å²) >= 11 is 0. The number of hydrogen-bond acceptors (Lipinski definition) is 9. The summed E-state index contributed by atoms with van der Waals surface area (Å²) in [5, 5.41) is 40.1. The van der Waals surface area contributed by atoms with Gasteiger partial charge in [-0.25, -0.2) is 0 Å². The van der Waals surface area contributed by atoms with Gasteiger partial charge in [-0.2, -0.15) is 0 Å². The van der Waals surface area contributed by atoms with Gasteiger partial charge in [0.05, 0.1) is 19.8 Å². The monoisotopic (exact) mass is 797 g/mol. The van der Waals surface area contributed by atoms with Crippen molar-refractivity contribution < 1.29 is 44.2 Å². The van der Waals surface area contributed by atoms with Gasteiger partial charge in [0, 0.05) is 13.0 Å². The van der Waals surface area contributed by atoms with Gasteiger partial charge in [-0.1, -0.05) is 160 Å². The number of ether oxygens (including phenoxy) is 4. The zero-order chi connectivity index (χ0) is 40.7. The molecule has 0 aromatic carbocycles. The Bertz CT molecular complexity index is 910. The molecule has 0 radical (unpaired) electrons. The molecule has 0 aromatic rings. The molecule has 0 aromatic heterocycles. The van der Waals surface area contributed by atoms with Crippen LogP contribution in [0.5, 0.6) is 0 Å². The third-order valence-electron chi connectivity index (χ3n) is 10.8. The molecule has 9 nitrogen and oxygen atoms in total. The van der Waals surface area contributed by atoms with Crippen molar-refractivity contribution in [2.75, 3.05) is 26.4 Å². The van der Waals surface area contributed by atoms with E-state index in [9.17, 15) is 25.2 Å². The quantitative estimate of drug-likeness (QED) is 0.0271. The molecular formula is C47H88O9. The highest BCUT2D eigenvalue weighted by molar-refractivity contribution is 5.69. The molecule has 0 amide bonds. The van der Waals surface area contributed by atoms with E-state index in [-0.39, 0.29) is 19.2 Å². The summed E-state index contributed by atoms with van der Waals surface area (Å²) in [6.45, 7) is 4.55. The van der Waals surface area contributed by atoms with Crippen LogP contribution in [0.25, 0.3) is 0 Å². The maximum Gasteiger partial charge on any atom is 0.306 e. The molecule has 0 bridgehead atoms. The van der Waals surface area contributed by atoms with Gasteiger partial charge in [0.15, 0.2) is 6.29 Å². The Balaban J connectivity index is 2.26. The average molecular weight is 797 g/mol. The second-order valence-electron chi connectivity index (χ2n) is 16.2. The highest BCUT2D eigenvalue weighted by Crippen LogP contribution is 2.22. The first kappa shape index (κ1) is 52.7. The Labute approximate surface area is 343 Å². The van der Waals surface area contributed by atoms with Crippen LogP contribution in [0, 0.1) is 0 Å². The second-order valence-corrected chi connectivity index (χ2v) is 16.2. The van der Waals surface area contributed by atoms with Gasteiger partial charge in [-0.3, -0.25) is 4.79 Å². The normalized spacial score (nSPS) is 20.7. The van der Waals surface area contributed by atoms with Crippen LogP contribution in [0.3, 0.4) is 0 Å². The predicted octanol–water partition coefficient (Wildman–Crippen LogP) is 10.6. The Kier molecular flexibility index (Phi) is 36.8. The maximum absolute atomic E-state index is 12.8. The first-order valence-corrected chi connectivity index (χ1v) is 23.4. The fraction of sp³-hybridized carbons (Fsp3) is 0.894. The number of aliphatic hydroxyl groups excluding tert-OH is 4. The minimum atomic E-state index is -1.54. The summed E-state index contributed by atoms with van der Waals surface area (Å²) in [6, 6.07) is 0. The van der Waals surface area contributed by atoms with Crippen LogP contribution in [0.4, 0.5) is 0 Å². The van der Waals surface area contributed by atoms with Gasteiger partial charge >= 0.3 is 5.97 Å². The second kappa shape index (κ2) is 39.1. The number of esters is 1. The standard InChI is InChI=1S/C47H88O9/c1-3-5-7-9-11-13-15-17-19-21-23-25-27-29-31-33-35-37-53-39-41(40-54-47-46(52)45(51)44(50)42(38-48)56-47)55-43(49)36-34-32-30-28-26-24-22-20-18-16-14-12-10-8-6-4-2/h19-22,41-42,44-48,50-52H,3-18,23-40H2,1-2H3/b21-19-,22-20-. The molecule has 6 unspecified atom stereocenters. The number of hydrogen-bond donors (Lipinski definition) is 4. The molecule has 6 atom stereocenters. The van der Waals surface area contributed by atoms with Crippen molar-refractivity contribution in [1.29, 1.82) is 0 Å². The Hall–Kier alpha value is -1.33. The SMILES string of the molecule is CCCCCCCCC/C=C\CCCCCCCCOCC(COC1OC(CO)C(O)C(O)C1O)OC(=O)CCCCCCC/C=C\CCCCCCCCC. The molecule has 1 saturated heterocycles. The zero-order valence-corrected chi connectivity index (χ0v) is 36.1. The topological polar surface area (TPSA) is 135 Å². The molecule has 0 saturated carbocycles. The molecule has 1 rings (SSSR count). The summed E-state index contributed by atoms with van der Waals surface area (Å²) in [4.78, 5) is 12.8. The van der Waals surface area contributed by atoms with E-state index in [1.165, 1.54) is 141 Å². The predicted molar refractivity (Wildman–Crippen MR) is 229 cm³/mol. The van der Waals surface area contributed by atoms with Crippen LogP contribution < -0.4 is 0 Å². The first-order valence-electron chi connectivity index (χ1n) is 23.4. The lowest BCUT2D eigenvalue weighted by Gasteiger charge is -2.39.